The molecule has 0 radical (unpaired) electrons. The Hall–Kier alpha value is -3.89. The van der Waals surface area contributed by atoms with Crippen molar-refractivity contribution in [3.63, 3.8) is 0 Å². The number of ether oxygens (including phenoxy) is 1. The lowest BCUT2D eigenvalue weighted by molar-refractivity contribution is -0.119. The van der Waals surface area contributed by atoms with Crippen LogP contribution in [-0.4, -0.2) is 38.8 Å². The molecular weight excluding hydrogens is 592 g/mol. The number of anilines is 1. The summed E-state index contributed by atoms with van der Waals surface area (Å²) in [4.78, 5) is 13.0. The lowest BCUT2D eigenvalue weighted by Crippen LogP contribution is -2.39. The van der Waals surface area contributed by atoms with Crippen LogP contribution in [0.2, 0.25) is 0 Å². The van der Waals surface area contributed by atoms with Crippen molar-refractivity contribution in [2.45, 2.75) is 32.6 Å². The monoisotopic (exact) mass is 622 g/mol. The van der Waals surface area contributed by atoms with Crippen LogP contribution in [0.25, 0.3) is 5.69 Å². The third-order valence-corrected chi connectivity index (χ3v) is 8.83. The van der Waals surface area contributed by atoms with Gasteiger partial charge in [-0.2, -0.15) is 5.10 Å². The van der Waals surface area contributed by atoms with Crippen LogP contribution in [0.4, 0.5) is 5.69 Å². The molecule has 0 spiro atoms. The standard InChI is InChI=1S/C30H31BrN4O4S/c1-20-9-11-25(12-10-20)34(40(37,38)27-13-14-29(39-5)28(31)17-27)19-30(36)33-32-18-24-16-22(3)35(23(24)4)26-8-6-7-21(2)15-26/h6-18H,19H2,1-5H3,(H,33,36)/b32-18+. The predicted octanol–water partition coefficient (Wildman–Crippen LogP) is 5.83. The van der Waals surface area contributed by atoms with Gasteiger partial charge in [0, 0.05) is 22.6 Å². The van der Waals surface area contributed by atoms with Crippen molar-refractivity contribution in [2.75, 3.05) is 18.0 Å². The summed E-state index contributed by atoms with van der Waals surface area (Å²) in [6.45, 7) is 7.47. The molecule has 3 aromatic carbocycles. The van der Waals surface area contributed by atoms with E-state index in [0.717, 1.165) is 38.1 Å². The number of carbonyl (C=O) groups excluding carboxylic acids is 1. The fourth-order valence-corrected chi connectivity index (χ4v) is 6.52. The van der Waals surface area contributed by atoms with Gasteiger partial charge < -0.3 is 9.30 Å². The van der Waals surface area contributed by atoms with Gasteiger partial charge in [-0.1, -0.05) is 29.8 Å². The summed E-state index contributed by atoms with van der Waals surface area (Å²) in [6, 6.07) is 21.6. The van der Waals surface area contributed by atoms with Crippen molar-refractivity contribution in [2.24, 2.45) is 5.10 Å². The van der Waals surface area contributed by atoms with Gasteiger partial charge >= 0.3 is 0 Å². The number of aryl methyl sites for hydroxylation is 3. The van der Waals surface area contributed by atoms with Gasteiger partial charge in [0.25, 0.3) is 15.9 Å². The number of hydrogen-bond acceptors (Lipinski definition) is 5. The van der Waals surface area contributed by atoms with Crippen LogP contribution in [0.3, 0.4) is 0 Å². The van der Waals surface area contributed by atoms with Gasteiger partial charge in [0.2, 0.25) is 0 Å². The number of methoxy groups -OCH3 is 1. The van der Waals surface area contributed by atoms with Crippen molar-refractivity contribution >= 4 is 43.8 Å². The van der Waals surface area contributed by atoms with Gasteiger partial charge in [0.15, 0.2) is 0 Å². The molecule has 0 aliphatic carbocycles. The highest BCUT2D eigenvalue weighted by atomic mass is 79.9. The molecule has 0 aliphatic heterocycles. The molecule has 40 heavy (non-hydrogen) atoms. The molecule has 0 saturated heterocycles. The van der Waals surface area contributed by atoms with Gasteiger partial charge in [-0.15, -0.1) is 0 Å². The Morgan fingerprint density at radius 2 is 1.73 bits per heavy atom. The second-order valence-electron chi connectivity index (χ2n) is 9.44. The summed E-state index contributed by atoms with van der Waals surface area (Å²) >= 11 is 3.34. The lowest BCUT2D eigenvalue weighted by atomic mass is 10.2. The molecule has 1 amide bonds. The van der Waals surface area contributed by atoms with E-state index >= 15 is 0 Å². The van der Waals surface area contributed by atoms with Crippen molar-refractivity contribution in [3.8, 4) is 11.4 Å². The first-order chi connectivity index (χ1) is 19.0. The Morgan fingerprint density at radius 1 is 1.00 bits per heavy atom. The van der Waals surface area contributed by atoms with E-state index in [4.69, 9.17) is 4.74 Å². The largest absolute Gasteiger partial charge is 0.496 e. The average Bonchev–Trinajstić information content (AvgIpc) is 3.20. The van der Waals surface area contributed by atoms with E-state index in [1.165, 1.54) is 19.2 Å². The van der Waals surface area contributed by atoms with E-state index in [1.807, 2.05) is 52.0 Å². The maximum Gasteiger partial charge on any atom is 0.264 e. The molecule has 0 bridgehead atoms. The first-order valence-electron chi connectivity index (χ1n) is 12.5. The van der Waals surface area contributed by atoms with Crippen molar-refractivity contribution in [1.29, 1.82) is 0 Å². The van der Waals surface area contributed by atoms with Crippen molar-refractivity contribution in [1.82, 2.24) is 9.99 Å². The molecule has 0 atom stereocenters. The van der Waals surface area contributed by atoms with Gasteiger partial charge in [-0.05, 0) is 97.7 Å². The molecule has 10 heteroatoms. The molecule has 8 nitrogen and oxygen atoms in total. The highest BCUT2D eigenvalue weighted by molar-refractivity contribution is 9.10. The number of nitrogens with one attached hydrogen (secondary N) is 1. The second-order valence-corrected chi connectivity index (χ2v) is 12.2. The molecular formula is C30H31BrN4O4S. The number of hydrazone groups is 1. The zero-order valence-corrected chi connectivity index (χ0v) is 25.4. The Kier molecular flexibility index (Phi) is 8.80. The Morgan fingerprint density at radius 3 is 2.38 bits per heavy atom. The van der Waals surface area contributed by atoms with E-state index in [2.05, 4.69) is 37.1 Å². The Bertz CT molecular complexity index is 1680. The number of rotatable bonds is 9. The van der Waals surface area contributed by atoms with Crippen LogP contribution >= 0.6 is 15.9 Å². The molecule has 1 heterocycles. The van der Waals surface area contributed by atoms with Crippen LogP contribution in [0.5, 0.6) is 5.75 Å². The van der Waals surface area contributed by atoms with Crippen LogP contribution in [0, 0.1) is 27.7 Å². The van der Waals surface area contributed by atoms with Gasteiger partial charge in [0.05, 0.1) is 28.4 Å². The molecule has 1 aromatic heterocycles. The number of hydrogen-bond donors (Lipinski definition) is 1. The molecule has 208 valence electrons. The highest BCUT2D eigenvalue weighted by Gasteiger charge is 2.28. The third kappa shape index (κ3) is 6.29. The SMILES string of the molecule is COc1ccc(S(=O)(=O)N(CC(=O)N/N=C/c2cc(C)n(-c3cccc(C)c3)c2C)c2ccc(C)cc2)cc1Br. The molecule has 4 rings (SSSR count). The summed E-state index contributed by atoms with van der Waals surface area (Å²) in [5.74, 6) is -0.0878. The highest BCUT2D eigenvalue weighted by Crippen LogP contribution is 2.31. The summed E-state index contributed by atoms with van der Waals surface area (Å²) in [6.07, 6.45) is 1.57. The molecule has 0 unspecified atom stereocenters. The number of amides is 1. The third-order valence-electron chi connectivity index (χ3n) is 6.44. The molecule has 4 aromatic rings. The molecule has 0 fully saturated rings. The van der Waals surface area contributed by atoms with Crippen LogP contribution < -0.4 is 14.5 Å². The smallest absolute Gasteiger partial charge is 0.264 e. The normalized spacial score (nSPS) is 11.6. The number of aromatic nitrogens is 1. The quantitative estimate of drug-likeness (QED) is 0.188. The van der Waals surface area contributed by atoms with E-state index < -0.39 is 22.5 Å². The minimum absolute atomic E-state index is 0.0145. The van der Waals surface area contributed by atoms with Crippen molar-refractivity contribution < 1.29 is 17.9 Å². The maximum atomic E-state index is 13.7. The maximum absolute atomic E-state index is 13.7. The van der Waals surface area contributed by atoms with E-state index in [0.29, 0.717) is 15.9 Å². The minimum Gasteiger partial charge on any atom is -0.496 e. The first kappa shape index (κ1) is 29.1. The van der Waals surface area contributed by atoms with Gasteiger partial charge in [-0.3, -0.25) is 9.10 Å². The van der Waals surface area contributed by atoms with Crippen LogP contribution in [0.1, 0.15) is 28.1 Å². The first-order valence-corrected chi connectivity index (χ1v) is 14.8. The fourth-order valence-electron chi connectivity index (χ4n) is 4.38. The number of halogens is 1. The Balaban J connectivity index is 1.57. The van der Waals surface area contributed by atoms with Gasteiger partial charge in [-0.25, -0.2) is 13.8 Å². The Labute approximate surface area is 243 Å². The van der Waals surface area contributed by atoms with Crippen molar-refractivity contribution in [3.05, 3.63) is 105 Å². The average molecular weight is 624 g/mol. The summed E-state index contributed by atoms with van der Waals surface area (Å²) < 4.78 is 36.3. The predicted molar refractivity (Wildman–Crippen MR) is 162 cm³/mol. The number of sulfonamides is 1. The topological polar surface area (TPSA) is 93.0 Å². The molecule has 0 aliphatic rings. The van der Waals surface area contributed by atoms with Gasteiger partial charge in [0.1, 0.15) is 12.3 Å². The van der Waals surface area contributed by atoms with E-state index in [9.17, 15) is 13.2 Å². The second kappa shape index (κ2) is 12.1. The summed E-state index contributed by atoms with van der Waals surface area (Å²) in [5.41, 5.74) is 8.84. The summed E-state index contributed by atoms with van der Waals surface area (Å²) in [7, 11) is -2.60. The van der Waals surface area contributed by atoms with E-state index in [1.54, 1.807) is 36.5 Å². The van der Waals surface area contributed by atoms with Crippen LogP contribution in [0.15, 0.2) is 87.3 Å². The zero-order valence-electron chi connectivity index (χ0n) is 23.0. The minimum atomic E-state index is -4.10. The number of nitrogens with zero attached hydrogens (tertiary/aromatic N) is 3. The zero-order chi connectivity index (χ0) is 29.0. The molecule has 1 N–H and O–H groups in total. The lowest BCUT2D eigenvalue weighted by Gasteiger charge is -2.24. The molecule has 0 saturated carbocycles. The fraction of sp³-hybridized carbons (Fsp3) is 0.200. The number of carbonyl (C=O) groups is 1. The van der Waals surface area contributed by atoms with Crippen LogP contribution in [-0.2, 0) is 14.8 Å². The number of benzene rings is 3. The summed E-state index contributed by atoms with van der Waals surface area (Å²) in [5, 5.41) is 4.14. The van der Waals surface area contributed by atoms with E-state index in [-0.39, 0.29) is 4.90 Å².